The third kappa shape index (κ3) is 5.89. The minimum Gasteiger partial charge on any atom is -0.481 e. The van der Waals surface area contributed by atoms with Crippen LogP contribution in [0.3, 0.4) is 0 Å². The van der Waals surface area contributed by atoms with Crippen molar-refractivity contribution in [3.05, 3.63) is 18.0 Å². The van der Waals surface area contributed by atoms with Gasteiger partial charge in [-0.1, -0.05) is 0 Å². The van der Waals surface area contributed by atoms with Crippen molar-refractivity contribution in [2.24, 2.45) is 0 Å². The third-order valence-electron chi connectivity index (χ3n) is 2.72. The maximum atomic E-state index is 11.8. The maximum Gasteiger partial charge on any atom is 0.317 e. The topological polar surface area (TPSA) is 98.3 Å². The molecule has 0 saturated carbocycles. The lowest BCUT2D eigenvalue weighted by molar-refractivity contribution is -0.137. The van der Waals surface area contributed by atoms with Gasteiger partial charge in [-0.3, -0.25) is 9.89 Å². The summed E-state index contributed by atoms with van der Waals surface area (Å²) in [6.45, 7) is 2.34. The first-order valence-corrected chi connectivity index (χ1v) is 6.20. The van der Waals surface area contributed by atoms with Crippen LogP contribution in [0.4, 0.5) is 4.79 Å². The average Bonchev–Trinajstić information content (AvgIpc) is 2.81. The van der Waals surface area contributed by atoms with Crippen LogP contribution in [-0.2, 0) is 11.3 Å². The Morgan fingerprint density at radius 2 is 2.32 bits per heavy atom. The summed E-state index contributed by atoms with van der Waals surface area (Å²) in [6, 6.07) is -0.220. The first-order chi connectivity index (χ1) is 8.99. The Hall–Kier alpha value is -2.05. The van der Waals surface area contributed by atoms with Crippen LogP contribution in [0.15, 0.2) is 12.4 Å². The van der Waals surface area contributed by atoms with Crippen LogP contribution in [0, 0.1) is 0 Å². The van der Waals surface area contributed by atoms with E-state index >= 15 is 0 Å². The van der Waals surface area contributed by atoms with Crippen molar-refractivity contribution < 1.29 is 14.7 Å². The fourth-order valence-electron chi connectivity index (χ4n) is 1.66. The van der Waals surface area contributed by atoms with Crippen LogP contribution in [0.2, 0.25) is 0 Å². The normalized spacial score (nSPS) is 11.9. The number of rotatable bonds is 7. The Balaban J connectivity index is 2.27. The van der Waals surface area contributed by atoms with E-state index in [9.17, 15) is 9.59 Å². The minimum absolute atomic E-state index is 0.0429. The molecular formula is C12H20N4O3. The van der Waals surface area contributed by atoms with E-state index in [2.05, 4.69) is 15.5 Å². The first-order valence-electron chi connectivity index (χ1n) is 6.20. The molecule has 1 unspecified atom stereocenters. The van der Waals surface area contributed by atoms with Crippen LogP contribution >= 0.6 is 0 Å². The van der Waals surface area contributed by atoms with Gasteiger partial charge in [0.1, 0.15) is 0 Å². The molecule has 1 aromatic rings. The van der Waals surface area contributed by atoms with E-state index in [0.717, 1.165) is 5.56 Å². The van der Waals surface area contributed by atoms with Gasteiger partial charge < -0.3 is 15.3 Å². The van der Waals surface area contributed by atoms with E-state index in [1.165, 1.54) is 0 Å². The molecule has 1 heterocycles. The second-order valence-corrected chi connectivity index (χ2v) is 4.60. The second kappa shape index (κ2) is 7.40. The van der Waals surface area contributed by atoms with E-state index in [-0.39, 0.29) is 18.5 Å². The number of carboxylic acid groups (broad SMARTS) is 1. The molecule has 0 aliphatic carbocycles. The Morgan fingerprint density at radius 3 is 2.89 bits per heavy atom. The number of hydrogen-bond donors (Lipinski definition) is 3. The lowest BCUT2D eigenvalue weighted by atomic mass is 10.1. The second-order valence-electron chi connectivity index (χ2n) is 4.60. The van der Waals surface area contributed by atoms with E-state index in [0.29, 0.717) is 19.4 Å². The Kier molecular flexibility index (Phi) is 5.84. The summed E-state index contributed by atoms with van der Waals surface area (Å²) < 4.78 is 0. The molecule has 0 fully saturated rings. The summed E-state index contributed by atoms with van der Waals surface area (Å²) in [5.41, 5.74) is 0.927. The van der Waals surface area contributed by atoms with Crippen molar-refractivity contribution in [1.82, 2.24) is 20.4 Å². The van der Waals surface area contributed by atoms with Crippen LogP contribution < -0.4 is 5.32 Å². The number of urea groups is 1. The van der Waals surface area contributed by atoms with Crippen LogP contribution in [-0.4, -0.2) is 45.3 Å². The summed E-state index contributed by atoms with van der Waals surface area (Å²) in [6.07, 6.45) is 4.74. The van der Waals surface area contributed by atoms with E-state index in [1.807, 2.05) is 6.92 Å². The molecule has 1 atom stereocenters. The molecule has 1 rings (SSSR count). The van der Waals surface area contributed by atoms with Crippen LogP contribution in [0.5, 0.6) is 0 Å². The quantitative estimate of drug-likeness (QED) is 0.692. The van der Waals surface area contributed by atoms with Crippen molar-refractivity contribution >= 4 is 12.0 Å². The molecule has 7 nitrogen and oxygen atoms in total. The van der Waals surface area contributed by atoms with Crippen LogP contribution in [0.1, 0.15) is 31.7 Å². The fraction of sp³-hybridized carbons (Fsp3) is 0.583. The average molecular weight is 268 g/mol. The molecule has 0 radical (unpaired) electrons. The molecule has 2 amide bonds. The van der Waals surface area contributed by atoms with Gasteiger partial charge in [0.25, 0.3) is 0 Å². The smallest absolute Gasteiger partial charge is 0.317 e. The van der Waals surface area contributed by atoms with E-state index in [1.54, 1.807) is 24.3 Å². The van der Waals surface area contributed by atoms with Gasteiger partial charge in [-0.05, 0) is 19.8 Å². The highest BCUT2D eigenvalue weighted by Crippen LogP contribution is 2.03. The highest BCUT2D eigenvalue weighted by molar-refractivity contribution is 5.74. The maximum absolute atomic E-state index is 11.8. The van der Waals surface area contributed by atoms with Crippen LogP contribution in [0.25, 0.3) is 0 Å². The number of carbonyl (C=O) groups is 2. The number of aliphatic carboxylic acids is 1. The zero-order valence-electron chi connectivity index (χ0n) is 11.2. The number of hydrogen-bond acceptors (Lipinski definition) is 3. The predicted octanol–water partition coefficient (Wildman–Crippen LogP) is 1.19. The Bertz CT molecular complexity index is 405. The summed E-state index contributed by atoms with van der Waals surface area (Å²) in [5.74, 6) is -0.810. The highest BCUT2D eigenvalue weighted by Gasteiger charge is 2.12. The molecule has 7 heteroatoms. The van der Waals surface area contributed by atoms with Crippen molar-refractivity contribution in [3.63, 3.8) is 0 Å². The molecule has 3 N–H and O–H groups in total. The monoisotopic (exact) mass is 268 g/mol. The molecule has 106 valence electrons. The SMILES string of the molecule is CC(CCCC(=O)O)NC(=O)N(C)Cc1cn[nH]c1. The summed E-state index contributed by atoms with van der Waals surface area (Å²) >= 11 is 0. The minimum atomic E-state index is -0.810. The number of nitrogens with zero attached hydrogens (tertiary/aromatic N) is 2. The molecule has 1 aromatic heterocycles. The van der Waals surface area contributed by atoms with Gasteiger partial charge in [-0.25, -0.2) is 4.79 Å². The molecule has 19 heavy (non-hydrogen) atoms. The third-order valence-corrected chi connectivity index (χ3v) is 2.72. The molecular weight excluding hydrogens is 248 g/mol. The number of nitrogens with one attached hydrogen (secondary N) is 2. The van der Waals surface area contributed by atoms with Gasteiger partial charge in [-0.2, -0.15) is 5.10 Å². The first kappa shape index (κ1) is 15.0. The van der Waals surface area contributed by atoms with Crippen molar-refractivity contribution in [1.29, 1.82) is 0 Å². The lowest BCUT2D eigenvalue weighted by Crippen LogP contribution is -2.41. The van der Waals surface area contributed by atoms with Crippen molar-refractivity contribution in [2.45, 2.75) is 38.8 Å². The fourth-order valence-corrected chi connectivity index (χ4v) is 1.66. The van der Waals surface area contributed by atoms with E-state index in [4.69, 9.17) is 5.11 Å². The van der Waals surface area contributed by atoms with Gasteiger partial charge in [0.15, 0.2) is 0 Å². The molecule has 0 aliphatic rings. The number of carboxylic acids is 1. The molecule has 0 spiro atoms. The number of aromatic nitrogens is 2. The van der Waals surface area contributed by atoms with Gasteiger partial charge in [-0.15, -0.1) is 0 Å². The molecule has 0 aliphatic heterocycles. The van der Waals surface area contributed by atoms with E-state index < -0.39 is 5.97 Å². The Morgan fingerprint density at radius 1 is 1.58 bits per heavy atom. The highest BCUT2D eigenvalue weighted by atomic mass is 16.4. The number of aromatic amines is 1. The predicted molar refractivity (Wildman–Crippen MR) is 69.5 cm³/mol. The van der Waals surface area contributed by atoms with Gasteiger partial charge >= 0.3 is 12.0 Å². The summed E-state index contributed by atoms with van der Waals surface area (Å²) in [7, 11) is 1.70. The summed E-state index contributed by atoms with van der Waals surface area (Å²) in [4.78, 5) is 23.8. The summed E-state index contributed by atoms with van der Waals surface area (Å²) in [5, 5.41) is 17.9. The zero-order valence-corrected chi connectivity index (χ0v) is 11.2. The molecule has 0 saturated heterocycles. The lowest BCUT2D eigenvalue weighted by Gasteiger charge is -2.20. The van der Waals surface area contributed by atoms with Crippen molar-refractivity contribution in [2.75, 3.05) is 7.05 Å². The molecule has 0 aromatic carbocycles. The largest absolute Gasteiger partial charge is 0.481 e. The molecule has 0 bridgehead atoms. The number of H-pyrrole nitrogens is 1. The Labute approximate surface area is 112 Å². The number of carbonyl (C=O) groups excluding carboxylic acids is 1. The van der Waals surface area contributed by atoms with Gasteiger partial charge in [0, 0.05) is 31.3 Å². The standard InChI is InChI=1S/C12H20N4O3/c1-9(4-3-5-11(17)18)15-12(19)16(2)8-10-6-13-14-7-10/h6-7,9H,3-5,8H2,1-2H3,(H,13,14)(H,15,19)(H,17,18). The van der Waals surface area contributed by atoms with Gasteiger partial charge in [0.05, 0.1) is 12.7 Å². The zero-order chi connectivity index (χ0) is 14.3. The van der Waals surface area contributed by atoms with Gasteiger partial charge in [0.2, 0.25) is 0 Å². The van der Waals surface area contributed by atoms with Crippen molar-refractivity contribution in [3.8, 4) is 0 Å². The number of amides is 2.